The molecule has 0 aromatic rings. The molecule has 0 amide bonds. The molecule has 0 aromatic heterocycles. The van der Waals surface area contributed by atoms with Gasteiger partial charge in [0, 0.05) is 17.6 Å². The van der Waals surface area contributed by atoms with Gasteiger partial charge < -0.3 is 5.48 Å². The van der Waals surface area contributed by atoms with Gasteiger partial charge >= 0.3 is 45.3 Å². The molecule has 0 spiro atoms. The maximum Gasteiger partial charge on any atom is 3.00 e. The smallest absolute Gasteiger partial charge is 2.00 e. The van der Waals surface area contributed by atoms with E-state index in [4.69, 9.17) is 0 Å². The Morgan fingerprint density at radius 1 is 1.00 bits per heavy atom. The molecule has 0 heterocycles. The Hall–Kier alpha value is 2.00. The van der Waals surface area contributed by atoms with E-state index in [2.05, 4.69) is 0 Å². The van der Waals surface area contributed by atoms with E-state index in [0.29, 0.717) is 0 Å². The Bertz CT molecular complexity index is 8.00. The summed E-state index contributed by atoms with van der Waals surface area (Å²) in [6, 6.07) is 0. The molecule has 0 atom stereocenters. The minimum Gasteiger partial charge on any atom is -2.00 e. The van der Waals surface area contributed by atoms with Crippen LogP contribution in [0.4, 0.5) is 0 Å². The summed E-state index contributed by atoms with van der Waals surface area (Å²) in [7, 11) is 0. The molecule has 0 rings (SSSR count). The van der Waals surface area contributed by atoms with E-state index in [-0.39, 0.29) is 68.4 Å². The van der Waals surface area contributed by atoms with E-state index in [0.717, 1.165) is 0 Å². The molecular formula is GeInOZn+3. The van der Waals surface area contributed by atoms with Gasteiger partial charge in [-0.1, -0.05) is 0 Å². The van der Waals surface area contributed by atoms with Gasteiger partial charge in [-0.2, -0.15) is 0 Å². The molecule has 0 aromatic carbocycles. The summed E-state index contributed by atoms with van der Waals surface area (Å²) in [4.78, 5) is 0. The summed E-state index contributed by atoms with van der Waals surface area (Å²) in [6.07, 6.45) is 0. The summed E-state index contributed by atoms with van der Waals surface area (Å²) >= 11 is 0. The summed E-state index contributed by atoms with van der Waals surface area (Å²) in [5.41, 5.74) is 0. The van der Waals surface area contributed by atoms with E-state index in [1.807, 2.05) is 0 Å². The van der Waals surface area contributed by atoms with Gasteiger partial charge in [-0.3, -0.25) is 0 Å². The van der Waals surface area contributed by atoms with Crippen LogP contribution in [0.2, 0.25) is 0 Å². The molecule has 0 N–H and O–H groups in total. The van der Waals surface area contributed by atoms with Crippen LogP contribution < -0.4 is 0 Å². The summed E-state index contributed by atoms with van der Waals surface area (Å²) < 4.78 is 0. The number of hydrogen-bond donors (Lipinski definition) is 0. The van der Waals surface area contributed by atoms with Gasteiger partial charge in [0.15, 0.2) is 0 Å². The van der Waals surface area contributed by atoms with Gasteiger partial charge in [0.2, 0.25) is 0 Å². The minimum atomic E-state index is 0. The Morgan fingerprint density at radius 2 is 1.00 bits per heavy atom. The first kappa shape index (κ1) is 37.6. The van der Waals surface area contributed by atoms with E-state index >= 15 is 0 Å². The zero-order valence-corrected chi connectivity index (χ0v) is 10.6. The van der Waals surface area contributed by atoms with Crippen LogP contribution in [0.25, 0.3) is 0 Å². The standard InChI is InChI=1S/Ge.In.O.Zn/q;+3;-2;+2. The van der Waals surface area contributed by atoms with Crippen molar-refractivity contribution in [1.29, 1.82) is 0 Å². The predicted molar refractivity (Wildman–Crippen MR) is 12.2 cm³/mol. The molecule has 4 radical (unpaired) electrons. The van der Waals surface area contributed by atoms with Crippen LogP contribution in [0, 0.1) is 0 Å². The van der Waals surface area contributed by atoms with Gasteiger partial charge in [0.1, 0.15) is 0 Å². The van der Waals surface area contributed by atoms with Crippen molar-refractivity contribution in [1.82, 2.24) is 0 Å². The zero-order valence-electron chi connectivity index (χ0n) is 2.19. The zero-order chi connectivity index (χ0) is 0. The van der Waals surface area contributed by atoms with Crippen LogP contribution in [0.15, 0.2) is 0 Å². The second kappa shape index (κ2) is 20.0. The Labute approximate surface area is 67.7 Å². The van der Waals surface area contributed by atoms with E-state index in [1.165, 1.54) is 0 Å². The Balaban J connectivity index is 0. The van der Waals surface area contributed by atoms with E-state index in [1.54, 1.807) is 0 Å². The molecular weight excluding hydrogens is 269 g/mol. The van der Waals surface area contributed by atoms with Gasteiger partial charge in [-0.25, -0.2) is 0 Å². The van der Waals surface area contributed by atoms with Crippen molar-refractivity contribution in [2.75, 3.05) is 0 Å². The predicted octanol–water partition coefficient (Wildman–Crippen LogP) is -0.883. The van der Waals surface area contributed by atoms with Gasteiger partial charge in [0.05, 0.1) is 0 Å². The maximum atomic E-state index is 0. The van der Waals surface area contributed by atoms with Gasteiger partial charge in [-0.05, 0) is 0 Å². The van der Waals surface area contributed by atoms with Crippen LogP contribution in [0.5, 0.6) is 0 Å². The van der Waals surface area contributed by atoms with Crippen molar-refractivity contribution in [3.05, 3.63) is 0 Å². The van der Waals surface area contributed by atoms with Crippen LogP contribution in [0.1, 0.15) is 0 Å². The molecule has 4 heteroatoms. The molecule has 0 aliphatic rings. The van der Waals surface area contributed by atoms with Crippen LogP contribution in [0.3, 0.4) is 0 Å². The molecule has 0 saturated heterocycles. The molecule has 1 nitrogen and oxygen atoms in total. The number of hydrogen-bond acceptors (Lipinski definition) is 0. The van der Waals surface area contributed by atoms with E-state index in [9.17, 15) is 0 Å². The summed E-state index contributed by atoms with van der Waals surface area (Å²) in [5, 5.41) is 0. The van der Waals surface area contributed by atoms with Crippen molar-refractivity contribution < 1.29 is 25.0 Å². The second-order valence-corrected chi connectivity index (χ2v) is 0. The first-order chi connectivity index (χ1) is 0. The average molecular weight is 269 g/mol. The first-order valence-corrected chi connectivity index (χ1v) is 0. The summed E-state index contributed by atoms with van der Waals surface area (Å²) in [6.45, 7) is 0. The summed E-state index contributed by atoms with van der Waals surface area (Å²) in [5.74, 6) is 0. The number of rotatable bonds is 0. The minimum absolute atomic E-state index is 0. The fraction of sp³-hybridized carbons (Fsp3) is 0. The van der Waals surface area contributed by atoms with Crippen molar-refractivity contribution >= 4 is 43.4 Å². The molecule has 0 unspecified atom stereocenters. The third kappa shape index (κ3) is 9.00. The molecule has 12 valence electrons. The third-order valence-corrected chi connectivity index (χ3v) is 0. The first-order valence-electron chi connectivity index (χ1n) is 0. The fourth-order valence-electron chi connectivity index (χ4n) is 0. The monoisotopic (exact) mass is 269 g/mol. The molecule has 0 aliphatic carbocycles. The van der Waals surface area contributed by atoms with Crippen molar-refractivity contribution in [3.8, 4) is 0 Å². The van der Waals surface area contributed by atoms with Crippen molar-refractivity contribution in [2.45, 2.75) is 0 Å². The van der Waals surface area contributed by atoms with Crippen molar-refractivity contribution in [3.63, 3.8) is 0 Å². The third-order valence-electron chi connectivity index (χ3n) is 0. The van der Waals surface area contributed by atoms with Crippen LogP contribution >= 0.6 is 0 Å². The molecule has 0 saturated carbocycles. The van der Waals surface area contributed by atoms with E-state index < -0.39 is 0 Å². The molecule has 0 fully saturated rings. The van der Waals surface area contributed by atoms with Gasteiger partial charge in [-0.15, -0.1) is 0 Å². The SMILES string of the molecule is [Ge].[In+3].[O-2].[Zn+2]. The maximum absolute atomic E-state index is 0. The fourth-order valence-corrected chi connectivity index (χ4v) is 0. The molecule has 0 bridgehead atoms. The average Bonchev–Trinajstić information content (AvgIpc) is 0. The Kier molecular flexibility index (Phi) is 188. The van der Waals surface area contributed by atoms with Gasteiger partial charge in [0.25, 0.3) is 0 Å². The Morgan fingerprint density at radius 3 is 1.00 bits per heavy atom. The van der Waals surface area contributed by atoms with Crippen molar-refractivity contribution in [2.24, 2.45) is 0 Å². The molecule has 4 heavy (non-hydrogen) atoms. The normalized spacial score (nSPS) is 0. The van der Waals surface area contributed by atoms with Crippen LogP contribution in [-0.4, -0.2) is 43.4 Å². The second-order valence-electron chi connectivity index (χ2n) is 0. The topological polar surface area (TPSA) is 28.5 Å². The quantitative estimate of drug-likeness (QED) is 0.511. The molecule has 0 aliphatic heterocycles. The largest absolute Gasteiger partial charge is 3.00 e. The van der Waals surface area contributed by atoms with Crippen LogP contribution in [-0.2, 0) is 25.0 Å².